The van der Waals surface area contributed by atoms with E-state index in [0.29, 0.717) is 12.2 Å². The highest BCUT2D eigenvalue weighted by Gasteiger charge is 2.31. The number of hydrogen-bond donors (Lipinski definition) is 1. The van der Waals surface area contributed by atoms with Crippen molar-refractivity contribution < 1.29 is 13.2 Å². The van der Waals surface area contributed by atoms with Gasteiger partial charge in [-0.1, -0.05) is 0 Å². The van der Waals surface area contributed by atoms with Gasteiger partial charge in [0.2, 0.25) is 0 Å². The molecule has 1 N–H and O–H groups in total. The summed E-state index contributed by atoms with van der Waals surface area (Å²) in [6, 6.07) is 5.49. The third-order valence-corrected chi connectivity index (χ3v) is 5.64. The third kappa shape index (κ3) is 2.27. The van der Waals surface area contributed by atoms with Crippen molar-refractivity contribution in [2.45, 2.75) is 24.7 Å². The molecule has 0 saturated carbocycles. The molecule has 21 heavy (non-hydrogen) atoms. The van der Waals surface area contributed by atoms with E-state index in [2.05, 4.69) is 10.2 Å². The highest BCUT2D eigenvalue weighted by atomic mass is 32.2. The highest BCUT2D eigenvalue weighted by Crippen LogP contribution is 2.34. The minimum atomic E-state index is -3.58. The number of sulfonamides is 1. The second kappa shape index (κ2) is 5.07. The number of aromatic nitrogens is 2. The van der Waals surface area contributed by atoms with Crippen LogP contribution in [-0.4, -0.2) is 32.3 Å². The largest absolute Gasteiger partial charge is 0.497 e. The van der Waals surface area contributed by atoms with Crippen molar-refractivity contribution in [2.24, 2.45) is 0 Å². The predicted octanol–water partition coefficient (Wildman–Crippen LogP) is 1.87. The van der Waals surface area contributed by atoms with Gasteiger partial charge in [0.1, 0.15) is 10.6 Å². The number of nitrogens with zero attached hydrogens (tertiary/aromatic N) is 2. The molecule has 0 amide bonds. The molecule has 0 spiro atoms. The molecule has 7 heteroatoms. The predicted molar refractivity (Wildman–Crippen MR) is 79.2 cm³/mol. The van der Waals surface area contributed by atoms with E-state index in [1.165, 1.54) is 10.5 Å². The molecule has 2 heterocycles. The summed E-state index contributed by atoms with van der Waals surface area (Å²) in [6.07, 6.45) is 3.00. The van der Waals surface area contributed by atoms with Gasteiger partial charge in [-0.15, -0.1) is 0 Å². The number of anilines is 1. The standard InChI is InChI=1S/C14H17N3O3S/c1-10-14(9-15-16-10)21(18,19)17-7-3-4-11-8-12(20-2)5-6-13(11)17/h5-6,8-9H,3-4,7H2,1-2H3,(H,15,16). The molecular formula is C14H17N3O3S. The molecule has 0 unspecified atom stereocenters. The van der Waals surface area contributed by atoms with Crippen molar-refractivity contribution in [3.05, 3.63) is 35.7 Å². The van der Waals surface area contributed by atoms with Crippen molar-refractivity contribution >= 4 is 15.7 Å². The van der Waals surface area contributed by atoms with Crippen molar-refractivity contribution in [2.75, 3.05) is 18.0 Å². The van der Waals surface area contributed by atoms with E-state index in [-0.39, 0.29) is 4.90 Å². The maximum absolute atomic E-state index is 12.8. The van der Waals surface area contributed by atoms with Crippen molar-refractivity contribution in [3.8, 4) is 5.75 Å². The molecule has 3 rings (SSSR count). The number of H-pyrrole nitrogens is 1. The first-order valence-corrected chi connectivity index (χ1v) is 8.17. The van der Waals surface area contributed by atoms with Crippen LogP contribution in [0.4, 0.5) is 5.69 Å². The number of hydrogen-bond acceptors (Lipinski definition) is 4. The molecule has 0 atom stereocenters. The molecule has 0 aliphatic carbocycles. The number of fused-ring (bicyclic) bond motifs is 1. The molecule has 1 aliphatic rings. The fourth-order valence-electron chi connectivity index (χ4n) is 2.63. The van der Waals surface area contributed by atoms with Crippen LogP contribution in [0.2, 0.25) is 0 Å². The molecule has 2 aromatic rings. The lowest BCUT2D eigenvalue weighted by Gasteiger charge is -2.30. The third-order valence-electron chi connectivity index (χ3n) is 3.71. The molecule has 1 aliphatic heterocycles. The number of ether oxygens (including phenoxy) is 1. The Morgan fingerprint density at radius 3 is 2.86 bits per heavy atom. The summed E-state index contributed by atoms with van der Waals surface area (Å²) in [7, 11) is -1.98. The zero-order valence-electron chi connectivity index (χ0n) is 12.0. The summed E-state index contributed by atoms with van der Waals surface area (Å²) >= 11 is 0. The second-order valence-electron chi connectivity index (χ2n) is 5.03. The van der Waals surface area contributed by atoms with Crippen LogP contribution >= 0.6 is 0 Å². The lowest BCUT2D eigenvalue weighted by atomic mass is 10.0. The van der Waals surface area contributed by atoms with E-state index in [1.54, 1.807) is 26.2 Å². The van der Waals surface area contributed by atoms with Crippen LogP contribution in [0.15, 0.2) is 29.3 Å². The Morgan fingerprint density at radius 2 is 2.19 bits per heavy atom. The number of methoxy groups -OCH3 is 1. The molecule has 112 valence electrons. The van der Waals surface area contributed by atoms with E-state index in [0.717, 1.165) is 29.8 Å². The van der Waals surface area contributed by atoms with Gasteiger partial charge in [-0.05, 0) is 43.5 Å². The highest BCUT2D eigenvalue weighted by molar-refractivity contribution is 7.92. The maximum Gasteiger partial charge on any atom is 0.267 e. The Hall–Kier alpha value is -2.02. The first-order chi connectivity index (χ1) is 10.0. The van der Waals surface area contributed by atoms with Gasteiger partial charge in [-0.2, -0.15) is 5.10 Å². The van der Waals surface area contributed by atoms with Gasteiger partial charge in [-0.3, -0.25) is 9.40 Å². The molecule has 0 bridgehead atoms. The fraction of sp³-hybridized carbons (Fsp3) is 0.357. The van der Waals surface area contributed by atoms with Gasteiger partial charge in [0.25, 0.3) is 10.0 Å². The number of nitrogens with one attached hydrogen (secondary N) is 1. The van der Waals surface area contributed by atoms with Gasteiger partial charge in [0, 0.05) is 6.54 Å². The molecule has 6 nitrogen and oxygen atoms in total. The minimum absolute atomic E-state index is 0.228. The van der Waals surface area contributed by atoms with E-state index >= 15 is 0 Å². The zero-order chi connectivity index (χ0) is 15.0. The summed E-state index contributed by atoms with van der Waals surface area (Å²) in [4.78, 5) is 0.228. The average Bonchev–Trinajstić information content (AvgIpc) is 2.93. The Bertz CT molecular complexity index is 768. The molecule has 1 aromatic heterocycles. The Kier molecular flexibility index (Phi) is 3.36. The molecular weight excluding hydrogens is 290 g/mol. The SMILES string of the molecule is COc1ccc2c(c1)CCCN2S(=O)(=O)c1cn[nH]c1C. The smallest absolute Gasteiger partial charge is 0.267 e. The van der Waals surface area contributed by atoms with Gasteiger partial charge in [0.05, 0.1) is 24.7 Å². The fourth-order valence-corrected chi connectivity index (χ4v) is 4.30. The van der Waals surface area contributed by atoms with E-state index < -0.39 is 10.0 Å². The van der Waals surface area contributed by atoms with Crippen LogP contribution in [0.3, 0.4) is 0 Å². The maximum atomic E-state index is 12.8. The topological polar surface area (TPSA) is 75.3 Å². The summed E-state index contributed by atoms with van der Waals surface area (Å²) in [6.45, 7) is 2.19. The monoisotopic (exact) mass is 307 g/mol. The summed E-state index contributed by atoms with van der Waals surface area (Å²) in [5.74, 6) is 0.743. The quantitative estimate of drug-likeness (QED) is 0.939. The average molecular weight is 307 g/mol. The van der Waals surface area contributed by atoms with Crippen LogP contribution in [0, 0.1) is 6.92 Å². The Labute approximate surface area is 123 Å². The van der Waals surface area contributed by atoms with Gasteiger partial charge in [0.15, 0.2) is 0 Å². The van der Waals surface area contributed by atoms with E-state index in [9.17, 15) is 8.42 Å². The number of aromatic amines is 1. The van der Waals surface area contributed by atoms with Crippen molar-refractivity contribution in [3.63, 3.8) is 0 Å². The Balaban J connectivity index is 2.08. The van der Waals surface area contributed by atoms with Crippen LogP contribution in [0.25, 0.3) is 0 Å². The molecule has 0 radical (unpaired) electrons. The van der Waals surface area contributed by atoms with Crippen LogP contribution in [0.5, 0.6) is 5.75 Å². The summed E-state index contributed by atoms with van der Waals surface area (Å²) in [5, 5.41) is 6.50. The minimum Gasteiger partial charge on any atom is -0.497 e. The summed E-state index contributed by atoms with van der Waals surface area (Å²) in [5.41, 5.74) is 2.27. The van der Waals surface area contributed by atoms with Crippen molar-refractivity contribution in [1.82, 2.24) is 10.2 Å². The van der Waals surface area contributed by atoms with Crippen LogP contribution in [-0.2, 0) is 16.4 Å². The first kappa shape index (κ1) is 13.9. The second-order valence-corrected chi connectivity index (χ2v) is 6.87. The Morgan fingerprint density at radius 1 is 1.38 bits per heavy atom. The summed E-state index contributed by atoms with van der Waals surface area (Å²) < 4.78 is 32.3. The molecule has 1 aromatic carbocycles. The number of benzene rings is 1. The lowest BCUT2D eigenvalue weighted by Crippen LogP contribution is -2.35. The molecule has 0 fully saturated rings. The van der Waals surface area contributed by atoms with Gasteiger partial charge in [-0.25, -0.2) is 8.42 Å². The number of aryl methyl sites for hydroxylation is 2. The first-order valence-electron chi connectivity index (χ1n) is 6.73. The molecule has 0 saturated heterocycles. The van der Waals surface area contributed by atoms with E-state index in [1.807, 2.05) is 6.07 Å². The van der Waals surface area contributed by atoms with Crippen molar-refractivity contribution in [1.29, 1.82) is 0 Å². The van der Waals surface area contributed by atoms with Gasteiger partial charge >= 0.3 is 0 Å². The number of rotatable bonds is 3. The van der Waals surface area contributed by atoms with E-state index in [4.69, 9.17) is 4.74 Å². The van der Waals surface area contributed by atoms with Crippen LogP contribution in [0.1, 0.15) is 17.7 Å². The zero-order valence-corrected chi connectivity index (χ0v) is 12.8. The lowest BCUT2D eigenvalue weighted by molar-refractivity contribution is 0.414. The normalized spacial score (nSPS) is 14.9. The van der Waals surface area contributed by atoms with Gasteiger partial charge < -0.3 is 4.74 Å². The van der Waals surface area contributed by atoms with Crippen LogP contribution < -0.4 is 9.04 Å².